The van der Waals surface area contributed by atoms with Crippen LogP contribution in [0.25, 0.3) is 6.08 Å². The van der Waals surface area contributed by atoms with Crippen LogP contribution in [0.15, 0.2) is 28.4 Å². The van der Waals surface area contributed by atoms with Crippen LogP contribution in [0.4, 0.5) is 0 Å². The Morgan fingerprint density at radius 1 is 1.71 bits per heavy atom. The molecule has 0 spiro atoms. The van der Waals surface area contributed by atoms with Gasteiger partial charge in [0.1, 0.15) is 5.76 Å². The lowest BCUT2D eigenvalue weighted by molar-refractivity contribution is 0.552. The fraction of sp³-hybridized carbons (Fsp3) is 0.500. The van der Waals surface area contributed by atoms with E-state index < -0.39 is 0 Å². The standard InChI is InChI=1S/C12H17NO/c1-10(7-11-4-5-13-9-11)8-12-3-2-6-14-12/h2-3,6,8,11,13H,4-5,7,9H2,1H3/b10-8+. The van der Waals surface area contributed by atoms with E-state index in [9.17, 15) is 0 Å². The molecule has 1 atom stereocenters. The largest absolute Gasteiger partial charge is 0.465 e. The van der Waals surface area contributed by atoms with Gasteiger partial charge in [-0.1, -0.05) is 5.57 Å². The molecule has 1 N–H and O–H groups in total. The van der Waals surface area contributed by atoms with Crippen LogP contribution < -0.4 is 5.32 Å². The molecule has 0 aliphatic carbocycles. The van der Waals surface area contributed by atoms with Gasteiger partial charge in [0.25, 0.3) is 0 Å². The molecule has 1 unspecified atom stereocenters. The monoisotopic (exact) mass is 191 g/mol. The summed E-state index contributed by atoms with van der Waals surface area (Å²) in [7, 11) is 0. The highest BCUT2D eigenvalue weighted by atomic mass is 16.3. The number of nitrogens with one attached hydrogen (secondary N) is 1. The first kappa shape index (κ1) is 9.53. The topological polar surface area (TPSA) is 25.2 Å². The van der Waals surface area contributed by atoms with Crippen molar-refractivity contribution in [2.75, 3.05) is 13.1 Å². The van der Waals surface area contributed by atoms with Crippen molar-refractivity contribution in [1.29, 1.82) is 0 Å². The van der Waals surface area contributed by atoms with Gasteiger partial charge in [0.15, 0.2) is 0 Å². The highest BCUT2D eigenvalue weighted by molar-refractivity contribution is 5.46. The molecule has 0 amide bonds. The molecule has 76 valence electrons. The molecule has 1 aromatic heterocycles. The fourth-order valence-electron chi connectivity index (χ4n) is 2.02. The van der Waals surface area contributed by atoms with Crippen LogP contribution >= 0.6 is 0 Å². The minimum atomic E-state index is 0.821. The average Bonchev–Trinajstić information content (AvgIpc) is 2.76. The average molecular weight is 191 g/mol. The number of rotatable bonds is 3. The van der Waals surface area contributed by atoms with Crippen LogP contribution in [0.1, 0.15) is 25.5 Å². The van der Waals surface area contributed by atoms with Crippen LogP contribution in [-0.4, -0.2) is 13.1 Å². The van der Waals surface area contributed by atoms with Crippen molar-refractivity contribution < 1.29 is 4.42 Å². The van der Waals surface area contributed by atoms with Crippen LogP contribution in [0, 0.1) is 5.92 Å². The van der Waals surface area contributed by atoms with Gasteiger partial charge in [-0.25, -0.2) is 0 Å². The first-order chi connectivity index (χ1) is 6.84. The summed E-state index contributed by atoms with van der Waals surface area (Å²) in [5, 5.41) is 3.39. The minimum absolute atomic E-state index is 0.821. The lowest BCUT2D eigenvalue weighted by Crippen LogP contribution is -2.08. The second-order valence-electron chi connectivity index (χ2n) is 4.07. The maximum absolute atomic E-state index is 5.28. The van der Waals surface area contributed by atoms with Gasteiger partial charge < -0.3 is 9.73 Å². The van der Waals surface area contributed by atoms with E-state index in [4.69, 9.17) is 4.42 Å². The van der Waals surface area contributed by atoms with Gasteiger partial charge in [0.05, 0.1) is 6.26 Å². The van der Waals surface area contributed by atoms with E-state index in [0.29, 0.717) is 0 Å². The predicted molar refractivity (Wildman–Crippen MR) is 58.0 cm³/mol. The molecule has 0 radical (unpaired) electrons. The van der Waals surface area contributed by atoms with Crippen LogP contribution in [0.2, 0.25) is 0 Å². The molecule has 1 aliphatic heterocycles. The van der Waals surface area contributed by atoms with Crippen molar-refractivity contribution >= 4 is 6.08 Å². The smallest absolute Gasteiger partial charge is 0.126 e. The van der Waals surface area contributed by atoms with Gasteiger partial charge in [-0.3, -0.25) is 0 Å². The maximum atomic E-state index is 5.28. The van der Waals surface area contributed by atoms with E-state index in [1.54, 1.807) is 6.26 Å². The molecule has 0 saturated carbocycles. The zero-order valence-corrected chi connectivity index (χ0v) is 8.62. The lowest BCUT2D eigenvalue weighted by Gasteiger charge is -2.07. The van der Waals surface area contributed by atoms with Gasteiger partial charge in [-0.2, -0.15) is 0 Å². The summed E-state index contributed by atoms with van der Waals surface area (Å²) in [5.41, 5.74) is 1.41. The lowest BCUT2D eigenvalue weighted by atomic mass is 9.99. The summed E-state index contributed by atoms with van der Waals surface area (Å²) in [6.45, 7) is 4.53. The third-order valence-electron chi connectivity index (χ3n) is 2.70. The molecule has 2 rings (SSSR count). The predicted octanol–water partition coefficient (Wildman–Crippen LogP) is 2.68. The van der Waals surface area contributed by atoms with Crippen molar-refractivity contribution in [2.45, 2.75) is 19.8 Å². The molecule has 2 nitrogen and oxygen atoms in total. The van der Waals surface area contributed by atoms with E-state index in [2.05, 4.69) is 18.3 Å². The van der Waals surface area contributed by atoms with Crippen LogP contribution in [0.5, 0.6) is 0 Å². The van der Waals surface area contributed by atoms with Crippen molar-refractivity contribution in [1.82, 2.24) is 5.32 Å². The minimum Gasteiger partial charge on any atom is -0.465 e. The van der Waals surface area contributed by atoms with Gasteiger partial charge in [-0.15, -0.1) is 0 Å². The Hall–Kier alpha value is -1.02. The van der Waals surface area contributed by atoms with Crippen molar-refractivity contribution in [3.05, 3.63) is 29.7 Å². The Morgan fingerprint density at radius 2 is 2.64 bits per heavy atom. The highest BCUT2D eigenvalue weighted by Crippen LogP contribution is 2.19. The van der Waals surface area contributed by atoms with Gasteiger partial charge in [-0.05, 0) is 57.0 Å². The Morgan fingerprint density at radius 3 is 3.29 bits per heavy atom. The molecule has 1 fully saturated rings. The Labute approximate surface area is 85.0 Å². The first-order valence-corrected chi connectivity index (χ1v) is 5.26. The van der Waals surface area contributed by atoms with E-state index >= 15 is 0 Å². The van der Waals surface area contributed by atoms with Gasteiger partial charge in [0.2, 0.25) is 0 Å². The summed E-state index contributed by atoms with van der Waals surface area (Å²) in [4.78, 5) is 0. The third-order valence-corrected chi connectivity index (χ3v) is 2.70. The van der Waals surface area contributed by atoms with Crippen LogP contribution in [0.3, 0.4) is 0 Å². The second kappa shape index (κ2) is 4.47. The van der Waals surface area contributed by atoms with Crippen molar-refractivity contribution in [3.63, 3.8) is 0 Å². The Bertz CT molecular complexity index is 294. The molecular formula is C12H17NO. The normalized spacial score (nSPS) is 22.9. The maximum Gasteiger partial charge on any atom is 0.126 e. The molecule has 1 aromatic rings. The molecule has 0 bridgehead atoms. The fourth-order valence-corrected chi connectivity index (χ4v) is 2.02. The zero-order valence-electron chi connectivity index (χ0n) is 8.62. The van der Waals surface area contributed by atoms with Crippen molar-refractivity contribution in [3.8, 4) is 0 Å². The molecule has 14 heavy (non-hydrogen) atoms. The molecule has 1 aliphatic rings. The summed E-state index contributed by atoms with van der Waals surface area (Å²) in [6, 6.07) is 3.92. The van der Waals surface area contributed by atoms with Crippen molar-refractivity contribution in [2.24, 2.45) is 5.92 Å². The number of allylic oxidation sites excluding steroid dienone is 1. The molecule has 2 heterocycles. The highest BCUT2D eigenvalue weighted by Gasteiger charge is 2.14. The zero-order chi connectivity index (χ0) is 9.80. The first-order valence-electron chi connectivity index (χ1n) is 5.26. The number of furan rings is 1. The van der Waals surface area contributed by atoms with Crippen LogP contribution in [-0.2, 0) is 0 Å². The van der Waals surface area contributed by atoms with E-state index in [1.165, 1.54) is 31.5 Å². The second-order valence-corrected chi connectivity index (χ2v) is 4.07. The summed E-state index contributed by atoms with van der Waals surface area (Å²) in [6.07, 6.45) is 6.35. The summed E-state index contributed by atoms with van der Waals surface area (Å²) >= 11 is 0. The van der Waals surface area contributed by atoms with Gasteiger partial charge in [0, 0.05) is 0 Å². The molecule has 2 heteroatoms. The van der Waals surface area contributed by atoms with E-state index in [1.807, 2.05) is 12.1 Å². The van der Waals surface area contributed by atoms with E-state index in [0.717, 1.165) is 11.7 Å². The Kier molecular flexibility index (Phi) is 3.04. The molecule has 1 saturated heterocycles. The number of hydrogen-bond donors (Lipinski definition) is 1. The quantitative estimate of drug-likeness (QED) is 0.794. The molecular weight excluding hydrogens is 174 g/mol. The van der Waals surface area contributed by atoms with Gasteiger partial charge >= 0.3 is 0 Å². The molecule has 0 aromatic carbocycles. The Balaban J connectivity index is 1.91. The number of hydrogen-bond acceptors (Lipinski definition) is 2. The van der Waals surface area contributed by atoms with E-state index in [-0.39, 0.29) is 0 Å². The summed E-state index contributed by atoms with van der Waals surface area (Å²) in [5.74, 6) is 1.79. The summed E-state index contributed by atoms with van der Waals surface area (Å²) < 4.78 is 5.28. The third kappa shape index (κ3) is 2.48. The SMILES string of the molecule is C/C(=C\c1ccco1)CC1CCNC1.